The van der Waals surface area contributed by atoms with E-state index >= 15 is 0 Å². The second kappa shape index (κ2) is 5.99. The van der Waals surface area contributed by atoms with Crippen molar-refractivity contribution in [3.05, 3.63) is 59.8 Å². The molecule has 5 heteroatoms. The first-order chi connectivity index (χ1) is 10.7. The molecule has 0 saturated carbocycles. The number of hydrogen-bond acceptors (Lipinski definition) is 4. The fourth-order valence-corrected chi connectivity index (χ4v) is 2.43. The van der Waals surface area contributed by atoms with E-state index in [2.05, 4.69) is 29.4 Å². The quantitative estimate of drug-likeness (QED) is 0.803. The zero-order valence-corrected chi connectivity index (χ0v) is 12.7. The molecule has 0 fully saturated rings. The Morgan fingerprint density at radius 3 is 2.55 bits per heavy atom. The summed E-state index contributed by atoms with van der Waals surface area (Å²) in [7, 11) is 1.65. The number of aryl methyl sites for hydroxylation is 1. The van der Waals surface area contributed by atoms with E-state index < -0.39 is 0 Å². The van der Waals surface area contributed by atoms with Crippen LogP contribution in [0.5, 0.6) is 5.75 Å². The van der Waals surface area contributed by atoms with Crippen LogP contribution in [0, 0.1) is 6.92 Å². The first-order valence-corrected chi connectivity index (χ1v) is 7.09. The minimum atomic E-state index is 0.340. The van der Waals surface area contributed by atoms with Crippen LogP contribution in [0.15, 0.2) is 48.5 Å². The van der Waals surface area contributed by atoms with Crippen LogP contribution in [0.4, 0.5) is 0 Å². The molecule has 3 aromatic rings. The Balaban J connectivity index is 2.14. The molecular weight excluding hydrogens is 276 g/mol. The van der Waals surface area contributed by atoms with Crippen LogP contribution in [0.2, 0.25) is 0 Å². The number of methoxy groups -OCH3 is 1. The molecule has 0 radical (unpaired) electrons. The van der Waals surface area contributed by atoms with E-state index in [0.29, 0.717) is 6.54 Å². The Kier molecular flexibility index (Phi) is 3.89. The SMILES string of the molecule is COc1ccc(-c2c(CN)nnn2-c2cccc(C)c2)cc1. The smallest absolute Gasteiger partial charge is 0.118 e. The molecule has 5 nitrogen and oxygen atoms in total. The first-order valence-electron chi connectivity index (χ1n) is 7.09. The van der Waals surface area contributed by atoms with Gasteiger partial charge in [0.25, 0.3) is 0 Å². The van der Waals surface area contributed by atoms with Crippen molar-refractivity contribution in [1.82, 2.24) is 15.0 Å². The minimum absolute atomic E-state index is 0.340. The third kappa shape index (κ3) is 2.58. The predicted octanol–water partition coefficient (Wildman–Crippen LogP) is 2.71. The van der Waals surface area contributed by atoms with Crippen molar-refractivity contribution in [2.45, 2.75) is 13.5 Å². The number of hydrogen-bond donors (Lipinski definition) is 1. The van der Waals surface area contributed by atoms with Crippen molar-refractivity contribution in [1.29, 1.82) is 0 Å². The van der Waals surface area contributed by atoms with E-state index in [4.69, 9.17) is 10.5 Å². The van der Waals surface area contributed by atoms with E-state index in [1.165, 1.54) is 5.56 Å². The molecule has 3 rings (SSSR count). The second-order valence-corrected chi connectivity index (χ2v) is 5.07. The van der Waals surface area contributed by atoms with Crippen LogP contribution in [0.3, 0.4) is 0 Å². The topological polar surface area (TPSA) is 66.0 Å². The maximum absolute atomic E-state index is 5.82. The molecule has 0 bridgehead atoms. The summed E-state index contributed by atoms with van der Waals surface area (Å²) in [5.41, 5.74) is 10.7. The van der Waals surface area contributed by atoms with E-state index in [0.717, 1.165) is 28.4 Å². The van der Waals surface area contributed by atoms with Crippen LogP contribution < -0.4 is 10.5 Å². The largest absolute Gasteiger partial charge is 0.497 e. The Hall–Kier alpha value is -2.66. The Labute approximate surface area is 129 Å². The van der Waals surface area contributed by atoms with Gasteiger partial charge in [-0.2, -0.15) is 0 Å². The highest BCUT2D eigenvalue weighted by atomic mass is 16.5. The molecule has 1 heterocycles. The number of ether oxygens (including phenoxy) is 1. The Bertz CT molecular complexity index is 778. The number of benzene rings is 2. The lowest BCUT2D eigenvalue weighted by Crippen LogP contribution is -2.02. The lowest BCUT2D eigenvalue weighted by atomic mass is 10.1. The zero-order valence-electron chi connectivity index (χ0n) is 12.7. The van der Waals surface area contributed by atoms with Crippen LogP contribution in [0.25, 0.3) is 16.9 Å². The second-order valence-electron chi connectivity index (χ2n) is 5.07. The highest BCUT2D eigenvalue weighted by Gasteiger charge is 2.15. The van der Waals surface area contributed by atoms with Gasteiger partial charge in [-0.1, -0.05) is 17.3 Å². The summed E-state index contributed by atoms with van der Waals surface area (Å²) in [6, 6.07) is 16.0. The van der Waals surface area contributed by atoms with Gasteiger partial charge in [-0.05, 0) is 48.9 Å². The van der Waals surface area contributed by atoms with E-state index in [-0.39, 0.29) is 0 Å². The average Bonchev–Trinajstić information content (AvgIpc) is 2.99. The van der Waals surface area contributed by atoms with Crippen LogP contribution >= 0.6 is 0 Å². The molecule has 0 saturated heterocycles. The molecule has 0 spiro atoms. The molecule has 0 aliphatic carbocycles. The molecule has 0 atom stereocenters. The summed E-state index contributed by atoms with van der Waals surface area (Å²) in [6.07, 6.45) is 0. The van der Waals surface area contributed by atoms with Gasteiger partial charge in [0.2, 0.25) is 0 Å². The first kappa shape index (κ1) is 14.3. The Morgan fingerprint density at radius 2 is 1.91 bits per heavy atom. The summed E-state index contributed by atoms with van der Waals surface area (Å²) < 4.78 is 7.04. The van der Waals surface area contributed by atoms with Gasteiger partial charge in [-0.15, -0.1) is 5.10 Å². The minimum Gasteiger partial charge on any atom is -0.497 e. The third-order valence-electron chi connectivity index (χ3n) is 3.54. The molecule has 1 aromatic heterocycles. The zero-order chi connectivity index (χ0) is 15.5. The van der Waals surface area contributed by atoms with Gasteiger partial charge in [0.05, 0.1) is 18.5 Å². The summed E-state index contributed by atoms with van der Waals surface area (Å²) >= 11 is 0. The maximum Gasteiger partial charge on any atom is 0.118 e. The van der Waals surface area contributed by atoms with Crippen molar-refractivity contribution in [3.8, 4) is 22.7 Å². The fraction of sp³-hybridized carbons (Fsp3) is 0.176. The summed E-state index contributed by atoms with van der Waals surface area (Å²) in [4.78, 5) is 0. The van der Waals surface area contributed by atoms with Crippen molar-refractivity contribution in [3.63, 3.8) is 0 Å². The van der Waals surface area contributed by atoms with Crippen molar-refractivity contribution in [2.75, 3.05) is 7.11 Å². The molecule has 112 valence electrons. The summed E-state index contributed by atoms with van der Waals surface area (Å²) in [5.74, 6) is 0.813. The van der Waals surface area contributed by atoms with Gasteiger partial charge >= 0.3 is 0 Å². The molecule has 2 N–H and O–H groups in total. The molecule has 22 heavy (non-hydrogen) atoms. The maximum atomic E-state index is 5.82. The van der Waals surface area contributed by atoms with Crippen molar-refractivity contribution < 1.29 is 4.74 Å². The standard InChI is InChI=1S/C17H18N4O/c1-12-4-3-5-14(10-12)21-17(16(11-18)19-20-21)13-6-8-15(22-2)9-7-13/h3-10H,11,18H2,1-2H3. The highest BCUT2D eigenvalue weighted by Crippen LogP contribution is 2.27. The molecule has 0 aliphatic heterocycles. The predicted molar refractivity (Wildman–Crippen MR) is 86.0 cm³/mol. The number of aromatic nitrogens is 3. The number of rotatable bonds is 4. The van der Waals surface area contributed by atoms with Gasteiger partial charge < -0.3 is 10.5 Å². The van der Waals surface area contributed by atoms with Crippen molar-refractivity contribution in [2.24, 2.45) is 5.73 Å². The van der Waals surface area contributed by atoms with Crippen LogP contribution in [-0.4, -0.2) is 22.1 Å². The Morgan fingerprint density at radius 1 is 1.14 bits per heavy atom. The van der Waals surface area contributed by atoms with Gasteiger partial charge in [0, 0.05) is 12.1 Å². The third-order valence-corrected chi connectivity index (χ3v) is 3.54. The summed E-state index contributed by atoms with van der Waals surface area (Å²) in [6.45, 7) is 2.39. The number of nitrogens with two attached hydrogens (primary N) is 1. The van der Waals surface area contributed by atoms with E-state index in [1.807, 2.05) is 41.1 Å². The lowest BCUT2D eigenvalue weighted by Gasteiger charge is -2.09. The fourth-order valence-electron chi connectivity index (χ4n) is 2.43. The molecular formula is C17H18N4O. The molecule has 0 unspecified atom stereocenters. The molecule has 0 amide bonds. The van der Waals surface area contributed by atoms with Crippen LogP contribution in [-0.2, 0) is 6.54 Å². The van der Waals surface area contributed by atoms with Gasteiger partial charge in [-0.3, -0.25) is 0 Å². The highest BCUT2D eigenvalue weighted by molar-refractivity contribution is 5.65. The number of nitrogens with zero attached hydrogens (tertiary/aromatic N) is 3. The van der Waals surface area contributed by atoms with Gasteiger partial charge in [0.15, 0.2) is 0 Å². The molecule has 2 aromatic carbocycles. The average molecular weight is 294 g/mol. The van der Waals surface area contributed by atoms with Gasteiger partial charge in [-0.25, -0.2) is 4.68 Å². The lowest BCUT2D eigenvalue weighted by molar-refractivity contribution is 0.415. The van der Waals surface area contributed by atoms with Crippen molar-refractivity contribution >= 4 is 0 Å². The van der Waals surface area contributed by atoms with Crippen LogP contribution in [0.1, 0.15) is 11.3 Å². The monoisotopic (exact) mass is 294 g/mol. The normalized spacial score (nSPS) is 10.7. The van der Waals surface area contributed by atoms with E-state index in [1.54, 1.807) is 7.11 Å². The molecule has 0 aliphatic rings. The summed E-state index contributed by atoms with van der Waals surface area (Å²) in [5, 5.41) is 8.49. The van der Waals surface area contributed by atoms with E-state index in [9.17, 15) is 0 Å². The van der Waals surface area contributed by atoms with Gasteiger partial charge in [0.1, 0.15) is 11.4 Å².